The number of carbonyl (C=O) groups excluding carboxylic acids is 1. The summed E-state index contributed by atoms with van der Waals surface area (Å²) < 4.78 is 0. The molecule has 128 valence electrons. The lowest BCUT2D eigenvalue weighted by Gasteiger charge is -2.21. The maximum atomic E-state index is 12.8. The number of aliphatic hydroxyl groups excluding tert-OH is 1. The number of carbonyl (C=O) groups is 1. The molecular weight excluding hydrogens is 316 g/mol. The molecule has 0 bridgehead atoms. The molecule has 2 unspecified atom stereocenters. The van der Waals surface area contributed by atoms with Crippen LogP contribution in [0.25, 0.3) is 22.2 Å². The van der Waals surface area contributed by atoms with Gasteiger partial charge in [0.05, 0.1) is 0 Å². The lowest BCUT2D eigenvalue weighted by molar-refractivity contribution is 0.0733. The number of aromatic nitrogens is 3. The Morgan fingerprint density at radius 2 is 2.20 bits per heavy atom. The molecule has 6 nitrogen and oxygen atoms in total. The van der Waals surface area contributed by atoms with E-state index in [1.54, 1.807) is 17.3 Å². The van der Waals surface area contributed by atoms with Crippen molar-refractivity contribution in [1.29, 1.82) is 0 Å². The van der Waals surface area contributed by atoms with Crippen molar-refractivity contribution < 1.29 is 9.90 Å². The standard InChI is InChI=1S/C19H20N4O2/c1-12-6-13(11-24)10-23(12)19(25)17-8-14(2-4-20-17)16-7-15-3-5-21-18(15)22-9-16/h2-5,7-9,12-13,24H,6,10-11H2,1H3,(H,21,22). The predicted octanol–water partition coefficient (Wildman–Crippen LogP) is 2.47. The fraction of sp³-hybridized carbons (Fsp3) is 0.316. The Morgan fingerprint density at radius 1 is 1.32 bits per heavy atom. The third-order valence-corrected chi connectivity index (χ3v) is 4.89. The molecule has 2 N–H and O–H groups in total. The molecule has 4 heterocycles. The van der Waals surface area contributed by atoms with Gasteiger partial charge in [-0.3, -0.25) is 9.78 Å². The van der Waals surface area contributed by atoms with Gasteiger partial charge in [-0.2, -0.15) is 0 Å². The molecule has 1 fully saturated rings. The van der Waals surface area contributed by atoms with Gasteiger partial charge in [0, 0.05) is 54.7 Å². The van der Waals surface area contributed by atoms with Gasteiger partial charge in [0.1, 0.15) is 11.3 Å². The monoisotopic (exact) mass is 336 g/mol. The van der Waals surface area contributed by atoms with E-state index in [4.69, 9.17) is 0 Å². The number of H-pyrrole nitrogens is 1. The molecule has 0 radical (unpaired) electrons. The van der Waals surface area contributed by atoms with Gasteiger partial charge in [0.15, 0.2) is 0 Å². The molecule has 1 saturated heterocycles. The minimum atomic E-state index is -0.0824. The largest absolute Gasteiger partial charge is 0.396 e. The Kier molecular flexibility index (Phi) is 3.97. The van der Waals surface area contributed by atoms with Crippen LogP contribution in [-0.2, 0) is 0 Å². The van der Waals surface area contributed by atoms with Crippen LogP contribution in [0.4, 0.5) is 0 Å². The summed E-state index contributed by atoms with van der Waals surface area (Å²) in [7, 11) is 0. The van der Waals surface area contributed by atoms with Crippen LogP contribution >= 0.6 is 0 Å². The number of aliphatic hydroxyl groups is 1. The number of hydrogen-bond acceptors (Lipinski definition) is 4. The van der Waals surface area contributed by atoms with E-state index >= 15 is 0 Å². The van der Waals surface area contributed by atoms with Crippen molar-refractivity contribution in [1.82, 2.24) is 19.9 Å². The SMILES string of the molecule is CC1CC(CO)CN1C(=O)c1cc(-c2cnc3[nH]ccc3c2)ccn1. The number of pyridine rings is 2. The molecule has 0 aromatic carbocycles. The summed E-state index contributed by atoms with van der Waals surface area (Å²) in [4.78, 5) is 26.4. The molecule has 1 aliphatic rings. The minimum Gasteiger partial charge on any atom is -0.396 e. The normalized spacial score (nSPS) is 20.3. The highest BCUT2D eigenvalue weighted by molar-refractivity contribution is 5.94. The number of likely N-dealkylation sites (tertiary alicyclic amines) is 1. The molecule has 1 amide bonds. The Labute approximate surface area is 145 Å². The molecule has 1 aliphatic heterocycles. The predicted molar refractivity (Wildman–Crippen MR) is 95.0 cm³/mol. The highest BCUT2D eigenvalue weighted by Gasteiger charge is 2.33. The van der Waals surface area contributed by atoms with Gasteiger partial charge in [-0.15, -0.1) is 0 Å². The summed E-state index contributed by atoms with van der Waals surface area (Å²) in [5, 5.41) is 10.4. The lowest BCUT2D eigenvalue weighted by atomic mass is 10.1. The Morgan fingerprint density at radius 3 is 3.00 bits per heavy atom. The van der Waals surface area contributed by atoms with Gasteiger partial charge in [-0.25, -0.2) is 4.98 Å². The number of rotatable bonds is 3. The van der Waals surface area contributed by atoms with Crippen LogP contribution < -0.4 is 0 Å². The van der Waals surface area contributed by atoms with Crippen LogP contribution in [0, 0.1) is 5.92 Å². The van der Waals surface area contributed by atoms with Crippen LogP contribution in [0.1, 0.15) is 23.8 Å². The summed E-state index contributed by atoms with van der Waals surface area (Å²) in [6.45, 7) is 2.71. The first-order valence-electron chi connectivity index (χ1n) is 8.47. The van der Waals surface area contributed by atoms with Gasteiger partial charge >= 0.3 is 0 Å². The van der Waals surface area contributed by atoms with Crippen molar-refractivity contribution in [2.45, 2.75) is 19.4 Å². The zero-order chi connectivity index (χ0) is 17.4. The smallest absolute Gasteiger partial charge is 0.272 e. The average molecular weight is 336 g/mol. The zero-order valence-electron chi connectivity index (χ0n) is 14.0. The van der Waals surface area contributed by atoms with Crippen molar-refractivity contribution >= 4 is 16.9 Å². The van der Waals surface area contributed by atoms with Crippen LogP contribution in [0.3, 0.4) is 0 Å². The van der Waals surface area contributed by atoms with E-state index in [1.165, 1.54) is 0 Å². The first kappa shape index (κ1) is 15.8. The Bertz CT molecular complexity index is 920. The van der Waals surface area contributed by atoms with Gasteiger partial charge in [0.25, 0.3) is 5.91 Å². The Hall–Kier alpha value is -2.73. The number of nitrogens with one attached hydrogen (secondary N) is 1. The van der Waals surface area contributed by atoms with Gasteiger partial charge in [0.2, 0.25) is 0 Å². The molecule has 3 aromatic rings. The fourth-order valence-corrected chi connectivity index (χ4v) is 3.53. The number of aromatic amines is 1. The first-order chi connectivity index (χ1) is 12.2. The maximum Gasteiger partial charge on any atom is 0.272 e. The maximum absolute atomic E-state index is 12.8. The van der Waals surface area contributed by atoms with Crippen molar-refractivity contribution in [3.8, 4) is 11.1 Å². The van der Waals surface area contributed by atoms with Gasteiger partial charge < -0.3 is 15.0 Å². The second-order valence-corrected chi connectivity index (χ2v) is 6.66. The van der Waals surface area contributed by atoms with Crippen LogP contribution in [0.2, 0.25) is 0 Å². The van der Waals surface area contributed by atoms with Gasteiger partial charge in [-0.05, 0) is 43.2 Å². The fourth-order valence-electron chi connectivity index (χ4n) is 3.53. The number of hydrogen-bond donors (Lipinski definition) is 2. The lowest BCUT2D eigenvalue weighted by Crippen LogP contribution is -2.34. The third-order valence-electron chi connectivity index (χ3n) is 4.89. The van der Waals surface area contributed by atoms with E-state index in [0.717, 1.165) is 28.6 Å². The number of amides is 1. The molecule has 0 saturated carbocycles. The van der Waals surface area contributed by atoms with E-state index in [-0.39, 0.29) is 24.5 Å². The number of fused-ring (bicyclic) bond motifs is 1. The molecular formula is C19H20N4O2. The van der Waals surface area contributed by atoms with Crippen LogP contribution in [-0.4, -0.2) is 50.1 Å². The molecule has 3 aromatic heterocycles. The molecule has 0 spiro atoms. The van der Waals surface area contributed by atoms with Crippen molar-refractivity contribution in [3.05, 3.63) is 48.5 Å². The average Bonchev–Trinajstić information content (AvgIpc) is 3.26. The molecule has 2 atom stereocenters. The topological polar surface area (TPSA) is 82.1 Å². The summed E-state index contributed by atoms with van der Waals surface area (Å²) >= 11 is 0. The summed E-state index contributed by atoms with van der Waals surface area (Å²) in [6.07, 6.45) is 6.14. The van der Waals surface area contributed by atoms with E-state index in [0.29, 0.717) is 12.2 Å². The van der Waals surface area contributed by atoms with Crippen molar-refractivity contribution in [2.24, 2.45) is 5.92 Å². The summed E-state index contributed by atoms with van der Waals surface area (Å²) in [5.74, 6) is 0.0725. The second kappa shape index (κ2) is 6.29. The Balaban J connectivity index is 1.64. The summed E-state index contributed by atoms with van der Waals surface area (Å²) in [5.41, 5.74) is 3.14. The molecule has 6 heteroatoms. The highest BCUT2D eigenvalue weighted by atomic mass is 16.3. The third kappa shape index (κ3) is 2.89. The minimum absolute atomic E-state index is 0.0824. The van der Waals surface area contributed by atoms with Crippen molar-refractivity contribution in [2.75, 3.05) is 13.2 Å². The van der Waals surface area contributed by atoms with Crippen LogP contribution in [0.15, 0.2) is 42.9 Å². The number of nitrogens with zero attached hydrogens (tertiary/aromatic N) is 3. The first-order valence-corrected chi connectivity index (χ1v) is 8.47. The van der Waals surface area contributed by atoms with Gasteiger partial charge in [-0.1, -0.05) is 0 Å². The van der Waals surface area contributed by atoms with E-state index in [2.05, 4.69) is 15.0 Å². The zero-order valence-corrected chi connectivity index (χ0v) is 14.0. The quantitative estimate of drug-likeness (QED) is 0.770. The van der Waals surface area contributed by atoms with Crippen LogP contribution in [0.5, 0.6) is 0 Å². The van der Waals surface area contributed by atoms with E-state index in [1.807, 2.05) is 37.4 Å². The molecule has 4 rings (SSSR count). The van der Waals surface area contributed by atoms with E-state index in [9.17, 15) is 9.90 Å². The summed E-state index contributed by atoms with van der Waals surface area (Å²) in [6, 6.07) is 7.84. The van der Waals surface area contributed by atoms with Crippen molar-refractivity contribution in [3.63, 3.8) is 0 Å². The molecule has 25 heavy (non-hydrogen) atoms. The molecule has 0 aliphatic carbocycles. The second-order valence-electron chi connectivity index (χ2n) is 6.66. The van der Waals surface area contributed by atoms with E-state index < -0.39 is 0 Å². The highest BCUT2D eigenvalue weighted by Crippen LogP contribution is 2.26.